The monoisotopic (exact) mass is 749 g/mol. The van der Waals surface area contributed by atoms with Crippen molar-refractivity contribution < 1.29 is 19.1 Å². The molecule has 0 fully saturated rings. The van der Waals surface area contributed by atoms with Crippen LogP contribution < -0.4 is 0 Å². The molecule has 4 aromatic heterocycles. The summed E-state index contributed by atoms with van der Waals surface area (Å²) in [5, 5.41) is 20.7. The van der Waals surface area contributed by atoms with Gasteiger partial charge in [-0.05, 0) is 77.3 Å². The van der Waals surface area contributed by atoms with Crippen LogP contribution in [0.4, 0.5) is 0 Å². The predicted octanol–water partition coefficient (Wildman–Crippen LogP) is 7.89. The van der Waals surface area contributed by atoms with Gasteiger partial charge in [0.2, 0.25) is 0 Å². The Balaban J connectivity index is 0.000000212. The summed E-state index contributed by atoms with van der Waals surface area (Å²) >= 11 is 15.4. The van der Waals surface area contributed by atoms with Crippen molar-refractivity contribution in [1.29, 1.82) is 5.26 Å². The third kappa shape index (κ3) is 8.36. The summed E-state index contributed by atoms with van der Waals surface area (Å²) < 4.78 is 13.7. The van der Waals surface area contributed by atoms with Crippen LogP contribution >= 0.6 is 39.1 Å². The highest BCUT2D eigenvalue weighted by molar-refractivity contribution is 9.10. The number of halogens is 3. The second kappa shape index (κ2) is 16.3. The molecule has 4 heterocycles. The second-order valence-corrected chi connectivity index (χ2v) is 11.6. The van der Waals surface area contributed by atoms with Gasteiger partial charge in [0.15, 0.2) is 5.69 Å². The minimum Gasteiger partial charge on any atom is -0.462 e. The Morgan fingerprint density at radius 2 is 1.25 bits per heavy atom. The van der Waals surface area contributed by atoms with Gasteiger partial charge >= 0.3 is 11.9 Å². The molecule has 0 bridgehead atoms. The van der Waals surface area contributed by atoms with Crippen LogP contribution in [-0.4, -0.2) is 54.7 Å². The average molecular weight is 751 g/mol. The Labute approximate surface area is 295 Å². The molecule has 0 aliphatic rings. The van der Waals surface area contributed by atoms with Gasteiger partial charge in [-0.25, -0.2) is 14.3 Å². The fraction of sp³-hybridized carbons (Fsp3) is 0.206. The van der Waals surface area contributed by atoms with Crippen molar-refractivity contribution in [3.63, 3.8) is 0 Å². The van der Waals surface area contributed by atoms with Crippen LogP contribution in [0.5, 0.6) is 0 Å². The van der Waals surface area contributed by atoms with Crippen LogP contribution in [0.3, 0.4) is 0 Å². The van der Waals surface area contributed by atoms with E-state index in [1.165, 1.54) is 17.1 Å². The van der Waals surface area contributed by atoms with Crippen LogP contribution in [0, 0.1) is 11.3 Å². The minimum atomic E-state index is -0.546. The fourth-order valence-electron chi connectivity index (χ4n) is 4.66. The van der Waals surface area contributed by atoms with Crippen LogP contribution in [0.15, 0.2) is 77.9 Å². The van der Waals surface area contributed by atoms with Crippen molar-refractivity contribution in [3.8, 4) is 6.07 Å². The third-order valence-corrected chi connectivity index (χ3v) is 8.05. The lowest BCUT2D eigenvalue weighted by Gasteiger charge is -2.06. The van der Waals surface area contributed by atoms with Crippen LogP contribution in [-0.2, 0) is 22.6 Å². The summed E-state index contributed by atoms with van der Waals surface area (Å²) in [6.45, 7) is 4.92. The van der Waals surface area contributed by atoms with E-state index >= 15 is 0 Å². The maximum Gasteiger partial charge on any atom is 0.342 e. The first-order chi connectivity index (χ1) is 22.7. The number of nitrogens with zero attached hydrogens (tertiary/aromatic N) is 7. The fourth-order valence-corrected chi connectivity index (χ4v) is 5.47. The molecule has 6 rings (SSSR count). The highest BCUT2D eigenvalue weighted by Gasteiger charge is 2.19. The van der Waals surface area contributed by atoms with Crippen LogP contribution in [0.1, 0.15) is 58.8 Å². The number of rotatable bonds is 8. The molecule has 0 amide bonds. The average Bonchev–Trinajstić information content (AvgIpc) is 3.63. The van der Waals surface area contributed by atoms with Gasteiger partial charge in [0.05, 0.1) is 59.8 Å². The first-order valence-electron chi connectivity index (χ1n) is 14.3. The number of ether oxygens (including phenoxy) is 2. The molecule has 0 radical (unpaired) electrons. The maximum atomic E-state index is 11.9. The molecule has 0 unspecified atom stereocenters. The van der Waals surface area contributed by atoms with Crippen molar-refractivity contribution in [2.45, 2.75) is 34.4 Å². The lowest BCUT2D eigenvalue weighted by Crippen LogP contribution is -2.09. The molecule has 48 heavy (non-hydrogen) atoms. The third-order valence-electron chi connectivity index (χ3n) is 6.80. The Morgan fingerprint density at radius 3 is 1.77 bits per heavy atom. The summed E-state index contributed by atoms with van der Waals surface area (Å²) in [5.41, 5.74) is 4.42. The van der Waals surface area contributed by atoms with Crippen LogP contribution in [0.2, 0.25) is 10.0 Å². The van der Waals surface area contributed by atoms with E-state index in [0.717, 1.165) is 32.9 Å². The number of pyridine rings is 2. The van der Waals surface area contributed by atoms with Gasteiger partial charge in [-0.2, -0.15) is 15.5 Å². The van der Waals surface area contributed by atoms with Crippen molar-refractivity contribution in [2.24, 2.45) is 0 Å². The number of fused-ring (bicyclic) bond motifs is 2. The minimum absolute atomic E-state index is 0. The van der Waals surface area contributed by atoms with E-state index in [-0.39, 0.29) is 31.3 Å². The number of benzene rings is 2. The van der Waals surface area contributed by atoms with Crippen LogP contribution in [0.25, 0.3) is 21.8 Å². The number of carbonyl (C=O) groups excluding carboxylic acids is 2. The number of carbonyl (C=O) groups is 2. The summed E-state index contributed by atoms with van der Waals surface area (Å²) in [7, 11) is 0. The normalized spacial score (nSPS) is 10.5. The van der Waals surface area contributed by atoms with Gasteiger partial charge in [0.25, 0.3) is 0 Å². The van der Waals surface area contributed by atoms with Crippen molar-refractivity contribution in [3.05, 3.63) is 116 Å². The molecular formula is C34H30BrCl2N7O4. The predicted molar refractivity (Wildman–Crippen MR) is 187 cm³/mol. The lowest BCUT2D eigenvalue weighted by molar-refractivity contribution is 0.0516. The molecule has 0 saturated carbocycles. The molecule has 246 valence electrons. The Kier molecular flexibility index (Phi) is 12.2. The largest absolute Gasteiger partial charge is 0.462 e. The zero-order valence-electron chi connectivity index (χ0n) is 25.2. The van der Waals surface area contributed by atoms with E-state index in [2.05, 4.69) is 36.1 Å². The summed E-state index contributed by atoms with van der Waals surface area (Å²) in [6.07, 6.45) is 6.08. The molecule has 0 atom stereocenters. The maximum absolute atomic E-state index is 11.9. The second-order valence-electron chi connectivity index (χ2n) is 9.99. The van der Waals surface area contributed by atoms with Gasteiger partial charge in [0, 0.05) is 23.2 Å². The van der Waals surface area contributed by atoms with Crippen molar-refractivity contribution in [2.75, 3.05) is 13.2 Å². The lowest BCUT2D eigenvalue weighted by atomic mass is 10.1. The molecule has 6 aromatic rings. The molecular weight excluding hydrogens is 721 g/mol. The summed E-state index contributed by atoms with van der Waals surface area (Å²) in [5.74, 6) is -0.935. The topological polar surface area (TPSA) is 138 Å². The molecule has 0 N–H and O–H groups in total. The molecule has 2 aromatic carbocycles. The number of nitriles is 1. The zero-order valence-corrected chi connectivity index (χ0v) is 28.3. The SMILES string of the molecule is C.CCOC(=O)c1cnn(Cc2ccc3ncc(Cl)cc3c2)c1Br.CCOC(=O)c1cnn(Cc2ccc3ncc(Cl)cc3c2)c1C#N. The smallest absolute Gasteiger partial charge is 0.342 e. The molecule has 14 heteroatoms. The Hall–Kier alpha value is -4.83. The quantitative estimate of drug-likeness (QED) is 0.142. The van der Waals surface area contributed by atoms with E-state index in [9.17, 15) is 14.9 Å². The number of esters is 2. The van der Waals surface area contributed by atoms with E-state index in [1.807, 2.05) is 54.6 Å². The highest BCUT2D eigenvalue weighted by Crippen LogP contribution is 2.23. The van der Waals surface area contributed by atoms with Gasteiger partial charge in [-0.15, -0.1) is 0 Å². The van der Waals surface area contributed by atoms with Gasteiger partial charge in [-0.1, -0.05) is 42.8 Å². The van der Waals surface area contributed by atoms with Gasteiger partial charge < -0.3 is 9.47 Å². The number of aromatic nitrogens is 6. The van der Waals surface area contributed by atoms with E-state index in [1.54, 1.807) is 30.9 Å². The van der Waals surface area contributed by atoms with Crippen molar-refractivity contribution >= 4 is 72.9 Å². The molecule has 11 nitrogen and oxygen atoms in total. The molecule has 0 aliphatic carbocycles. The first kappa shape index (κ1) is 36.0. The summed E-state index contributed by atoms with van der Waals surface area (Å²) in [4.78, 5) is 32.2. The number of hydrogen-bond donors (Lipinski definition) is 0. The number of hydrogen-bond acceptors (Lipinski definition) is 9. The highest BCUT2D eigenvalue weighted by atomic mass is 79.9. The van der Waals surface area contributed by atoms with Gasteiger partial charge in [-0.3, -0.25) is 14.6 Å². The van der Waals surface area contributed by atoms with E-state index < -0.39 is 5.97 Å². The van der Waals surface area contributed by atoms with E-state index in [4.69, 9.17) is 32.7 Å². The van der Waals surface area contributed by atoms with Crippen molar-refractivity contribution in [1.82, 2.24) is 29.5 Å². The molecule has 0 aliphatic heterocycles. The Morgan fingerprint density at radius 1 is 0.771 bits per heavy atom. The summed E-state index contributed by atoms with van der Waals surface area (Å²) in [6, 6.07) is 17.3. The molecule has 0 spiro atoms. The molecule has 0 saturated heterocycles. The zero-order chi connectivity index (χ0) is 33.5. The van der Waals surface area contributed by atoms with Gasteiger partial charge in [0.1, 0.15) is 21.8 Å². The van der Waals surface area contributed by atoms with E-state index in [0.29, 0.717) is 39.9 Å². The first-order valence-corrected chi connectivity index (χ1v) is 15.8. The standard InChI is InChI=1S/C17H13ClN4O2.C16H13BrClN3O2.CH4/c1-2-24-17(23)14-9-21-22(16(14)7-19)10-11-3-4-15-12(5-11)6-13(18)8-20-15;1-2-23-16(22)13-8-20-21(15(13)17)9-10-3-4-14-11(5-10)6-12(18)7-19-14;/h3-6,8-9H,2,10H2,1H3;3-8H,2,9H2,1H3;1H4. The Bertz CT molecular complexity index is 2140.